The predicted octanol–water partition coefficient (Wildman–Crippen LogP) is 1.24. The minimum Gasteiger partial charge on any atom is -0.372 e. The Morgan fingerprint density at radius 2 is 2.00 bits per heavy atom. The van der Waals surface area contributed by atoms with Crippen LogP contribution in [0.3, 0.4) is 0 Å². The van der Waals surface area contributed by atoms with Gasteiger partial charge in [-0.15, -0.1) is 0 Å². The fourth-order valence-electron chi connectivity index (χ4n) is 1.61. The van der Waals surface area contributed by atoms with Crippen molar-refractivity contribution in [3.8, 4) is 0 Å². The van der Waals surface area contributed by atoms with E-state index in [4.69, 9.17) is 0 Å². The van der Waals surface area contributed by atoms with Crippen LogP contribution < -0.4 is 11.4 Å². The lowest BCUT2D eigenvalue weighted by Gasteiger charge is -2.10. The third-order valence-electron chi connectivity index (χ3n) is 2.36. The average molecular weight is 220 g/mol. The van der Waals surface area contributed by atoms with Gasteiger partial charge >= 0.3 is 11.4 Å². The van der Waals surface area contributed by atoms with Gasteiger partial charge in [-0.05, 0) is 32.9 Å². The summed E-state index contributed by atoms with van der Waals surface area (Å²) in [5, 5.41) is 0.332. The van der Waals surface area contributed by atoms with Gasteiger partial charge < -0.3 is 4.42 Å². The Kier molecular flexibility index (Phi) is 2.38. The molecule has 0 aliphatic carbocycles. The highest BCUT2D eigenvalue weighted by atomic mass is 16.4. The van der Waals surface area contributed by atoms with Crippen molar-refractivity contribution in [2.24, 2.45) is 0 Å². The number of aryl methyl sites for hydroxylation is 1. The number of hydrogen-bond donors (Lipinski definition) is 0. The summed E-state index contributed by atoms with van der Waals surface area (Å²) < 4.78 is 6.01. The van der Waals surface area contributed by atoms with Gasteiger partial charge in [-0.1, -0.05) is 0 Å². The van der Waals surface area contributed by atoms with E-state index in [-0.39, 0.29) is 6.04 Å². The van der Waals surface area contributed by atoms with Crippen LogP contribution in [-0.4, -0.2) is 9.55 Å². The molecule has 0 unspecified atom stereocenters. The number of nitrogens with zero attached hydrogens (tertiary/aromatic N) is 2. The molecule has 0 spiro atoms. The van der Waals surface area contributed by atoms with E-state index < -0.39 is 11.4 Å². The number of fused-ring (bicyclic) bond motifs is 1. The summed E-state index contributed by atoms with van der Waals surface area (Å²) in [6.07, 6.45) is 0. The van der Waals surface area contributed by atoms with Gasteiger partial charge in [0.15, 0.2) is 5.65 Å². The summed E-state index contributed by atoms with van der Waals surface area (Å²) in [6, 6.07) is 3.24. The Labute approximate surface area is 91.3 Å². The van der Waals surface area contributed by atoms with Crippen LogP contribution in [0.2, 0.25) is 0 Å². The van der Waals surface area contributed by atoms with Gasteiger partial charge in [0.05, 0.1) is 0 Å². The van der Waals surface area contributed by atoms with E-state index in [1.165, 1.54) is 4.57 Å². The predicted molar refractivity (Wildman–Crippen MR) is 59.7 cm³/mol. The molecule has 0 saturated carbocycles. The minimum absolute atomic E-state index is 0.103. The second-order valence-corrected chi connectivity index (χ2v) is 3.94. The first-order chi connectivity index (χ1) is 7.50. The van der Waals surface area contributed by atoms with Crippen molar-refractivity contribution >= 4 is 11.0 Å². The molecule has 0 aliphatic heterocycles. The molecule has 2 aromatic heterocycles. The van der Waals surface area contributed by atoms with Crippen LogP contribution in [0.15, 0.2) is 26.1 Å². The van der Waals surface area contributed by atoms with E-state index in [1.54, 1.807) is 12.1 Å². The maximum atomic E-state index is 11.6. The quantitative estimate of drug-likeness (QED) is 0.725. The number of hydrogen-bond acceptors (Lipinski definition) is 4. The Morgan fingerprint density at radius 1 is 1.31 bits per heavy atom. The van der Waals surface area contributed by atoms with E-state index in [0.717, 1.165) is 5.69 Å². The fourth-order valence-corrected chi connectivity index (χ4v) is 1.61. The molecule has 5 nitrogen and oxygen atoms in total. The largest absolute Gasteiger partial charge is 0.423 e. The molecule has 0 aromatic carbocycles. The topological polar surface area (TPSA) is 65.1 Å². The smallest absolute Gasteiger partial charge is 0.372 e. The first kappa shape index (κ1) is 10.6. The lowest BCUT2D eigenvalue weighted by molar-refractivity contribution is 0.397. The molecule has 0 bridgehead atoms. The summed E-state index contributed by atoms with van der Waals surface area (Å²) >= 11 is 0. The molecule has 16 heavy (non-hydrogen) atoms. The van der Waals surface area contributed by atoms with Crippen molar-refractivity contribution in [3.05, 3.63) is 38.8 Å². The number of pyridine rings is 1. The third-order valence-corrected chi connectivity index (χ3v) is 2.36. The SMILES string of the molecule is Cc1ccc2c(=O)oc(=O)n(C(C)C)c2n1. The molecule has 2 heterocycles. The number of aromatic nitrogens is 2. The van der Waals surface area contributed by atoms with E-state index in [0.29, 0.717) is 11.0 Å². The molecule has 0 atom stereocenters. The Morgan fingerprint density at radius 3 is 2.62 bits per heavy atom. The number of rotatable bonds is 1. The maximum absolute atomic E-state index is 11.6. The van der Waals surface area contributed by atoms with Crippen LogP contribution in [0.25, 0.3) is 11.0 Å². The second-order valence-electron chi connectivity index (χ2n) is 3.94. The van der Waals surface area contributed by atoms with E-state index in [2.05, 4.69) is 9.40 Å². The van der Waals surface area contributed by atoms with E-state index >= 15 is 0 Å². The minimum atomic E-state index is -0.661. The molecular weight excluding hydrogens is 208 g/mol. The monoisotopic (exact) mass is 220 g/mol. The van der Waals surface area contributed by atoms with Gasteiger partial charge in [0.1, 0.15) is 5.39 Å². The van der Waals surface area contributed by atoms with Gasteiger partial charge in [-0.2, -0.15) is 0 Å². The van der Waals surface area contributed by atoms with Crippen LogP contribution in [0, 0.1) is 6.92 Å². The zero-order valence-corrected chi connectivity index (χ0v) is 9.35. The second kappa shape index (κ2) is 3.59. The fraction of sp³-hybridized carbons (Fsp3) is 0.364. The van der Waals surface area contributed by atoms with Gasteiger partial charge in [-0.25, -0.2) is 14.6 Å². The van der Waals surface area contributed by atoms with Crippen molar-refractivity contribution < 1.29 is 4.42 Å². The Balaban J connectivity index is 3.04. The van der Waals surface area contributed by atoms with Crippen LogP contribution in [0.1, 0.15) is 25.6 Å². The van der Waals surface area contributed by atoms with Crippen LogP contribution in [0.4, 0.5) is 0 Å². The van der Waals surface area contributed by atoms with Gasteiger partial charge in [0, 0.05) is 11.7 Å². The molecular formula is C11H12N2O3. The first-order valence-electron chi connectivity index (χ1n) is 5.03. The molecule has 0 fully saturated rings. The van der Waals surface area contributed by atoms with Crippen molar-refractivity contribution in [2.75, 3.05) is 0 Å². The molecule has 2 rings (SSSR count). The summed E-state index contributed by atoms with van der Waals surface area (Å²) in [6.45, 7) is 5.49. The zero-order chi connectivity index (χ0) is 11.9. The molecule has 0 N–H and O–H groups in total. The van der Waals surface area contributed by atoms with E-state index in [9.17, 15) is 9.59 Å². The lowest BCUT2D eigenvalue weighted by atomic mass is 10.3. The zero-order valence-electron chi connectivity index (χ0n) is 9.35. The molecule has 0 aliphatic rings. The summed E-state index contributed by atoms with van der Waals surface area (Å²) in [4.78, 5) is 27.3. The molecule has 0 saturated heterocycles. The van der Waals surface area contributed by atoms with Gasteiger partial charge in [0.25, 0.3) is 0 Å². The third kappa shape index (κ3) is 1.54. The highest BCUT2D eigenvalue weighted by Gasteiger charge is 2.12. The standard InChI is InChI=1S/C11H12N2O3/c1-6(2)13-9-8(5-4-7(3)12-9)10(14)16-11(13)15/h4-6H,1-3H3. The van der Waals surface area contributed by atoms with Crippen LogP contribution in [-0.2, 0) is 0 Å². The molecule has 0 amide bonds. The highest BCUT2D eigenvalue weighted by molar-refractivity contribution is 5.73. The normalized spacial score (nSPS) is 11.2. The summed E-state index contributed by atoms with van der Waals surface area (Å²) in [5.74, 6) is -0.661. The lowest BCUT2D eigenvalue weighted by Crippen LogP contribution is -2.27. The highest BCUT2D eigenvalue weighted by Crippen LogP contribution is 2.10. The van der Waals surface area contributed by atoms with Crippen molar-refractivity contribution in [2.45, 2.75) is 26.8 Å². The maximum Gasteiger partial charge on any atom is 0.423 e. The van der Waals surface area contributed by atoms with Gasteiger partial charge in [0.2, 0.25) is 0 Å². The molecule has 0 radical (unpaired) electrons. The summed E-state index contributed by atoms with van der Waals surface area (Å²) in [7, 11) is 0. The molecule has 2 aromatic rings. The van der Waals surface area contributed by atoms with E-state index in [1.807, 2.05) is 20.8 Å². The first-order valence-corrected chi connectivity index (χ1v) is 5.03. The van der Waals surface area contributed by atoms with Crippen LogP contribution >= 0.6 is 0 Å². The molecule has 84 valence electrons. The summed E-state index contributed by atoms with van der Waals surface area (Å²) in [5.41, 5.74) is 0.507. The Hall–Kier alpha value is -1.91. The van der Waals surface area contributed by atoms with Crippen molar-refractivity contribution in [1.82, 2.24) is 9.55 Å². The van der Waals surface area contributed by atoms with Crippen molar-refractivity contribution in [1.29, 1.82) is 0 Å². The van der Waals surface area contributed by atoms with Gasteiger partial charge in [-0.3, -0.25) is 4.57 Å². The Bertz CT molecular complexity index is 652. The van der Waals surface area contributed by atoms with Crippen molar-refractivity contribution in [3.63, 3.8) is 0 Å². The average Bonchev–Trinajstić information content (AvgIpc) is 2.15. The van der Waals surface area contributed by atoms with Crippen LogP contribution in [0.5, 0.6) is 0 Å². The molecule has 5 heteroatoms.